The maximum Gasteiger partial charge on any atom is 0.251 e. The molecule has 0 radical (unpaired) electrons. The third kappa shape index (κ3) is 4.91. The molecule has 0 aliphatic rings. The van der Waals surface area contributed by atoms with E-state index < -0.39 is 0 Å². The summed E-state index contributed by atoms with van der Waals surface area (Å²) in [6.45, 7) is 6.90. The van der Waals surface area contributed by atoms with Gasteiger partial charge in [0.2, 0.25) is 0 Å². The number of hydrogen-bond donors (Lipinski definition) is 3. The van der Waals surface area contributed by atoms with Gasteiger partial charge >= 0.3 is 0 Å². The molecule has 5 nitrogen and oxygen atoms in total. The Balaban J connectivity index is 2.48. The van der Waals surface area contributed by atoms with E-state index in [1.165, 1.54) is 5.56 Å². The molecule has 1 aromatic carbocycles. The summed E-state index contributed by atoms with van der Waals surface area (Å²) in [5.74, 6) is 0.0683. The molecule has 5 heteroatoms. The molecule has 0 heterocycles. The van der Waals surface area contributed by atoms with Crippen molar-refractivity contribution in [3.8, 4) is 0 Å². The Kier molecular flexibility index (Phi) is 5.55. The molecule has 0 aromatic heterocycles. The second kappa shape index (κ2) is 6.93. The second-order valence-electron chi connectivity index (χ2n) is 5.78. The van der Waals surface area contributed by atoms with Crippen molar-refractivity contribution in [2.45, 2.75) is 39.0 Å². The number of carbonyl (C=O) groups is 1. The minimum Gasteiger partial charge on any atom is -0.409 e. The fourth-order valence-corrected chi connectivity index (χ4v) is 1.75. The van der Waals surface area contributed by atoms with Crippen molar-refractivity contribution in [3.05, 3.63) is 35.4 Å². The first-order valence-corrected chi connectivity index (χ1v) is 6.69. The molecule has 1 aromatic rings. The van der Waals surface area contributed by atoms with Crippen LogP contribution in [-0.2, 0) is 5.41 Å². The largest absolute Gasteiger partial charge is 0.409 e. The molecule has 0 spiro atoms. The lowest BCUT2D eigenvalue weighted by Crippen LogP contribution is -2.25. The van der Waals surface area contributed by atoms with Crippen molar-refractivity contribution in [2.75, 3.05) is 6.54 Å². The molecule has 0 saturated heterocycles. The van der Waals surface area contributed by atoms with Crippen LogP contribution in [0.4, 0.5) is 0 Å². The van der Waals surface area contributed by atoms with Crippen molar-refractivity contribution in [1.82, 2.24) is 5.32 Å². The molecule has 4 N–H and O–H groups in total. The quantitative estimate of drug-likeness (QED) is 0.253. The standard InChI is InChI=1S/C15H23N3O2/c1-15(2,3)12-8-6-11(7-9-12)14(19)17-10-4-5-13(16)18-20/h6-9,20H,4-5,10H2,1-3H3,(H2,16,18)(H,17,19). The van der Waals surface area contributed by atoms with Crippen LogP contribution in [0.2, 0.25) is 0 Å². The second-order valence-corrected chi connectivity index (χ2v) is 5.78. The number of amides is 1. The van der Waals surface area contributed by atoms with Gasteiger partial charge in [-0.25, -0.2) is 0 Å². The Morgan fingerprint density at radius 3 is 2.40 bits per heavy atom. The predicted octanol–water partition coefficient (Wildman–Crippen LogP) is 2.24. The smallest absolute Gasteiger partial charge is 0.251 e. The SMILES string of the molecule is CC(C)(C)c1ccc(C(=O)NCCCC(N)=NO)cc1. The van der Waals surface area contributed by atoms with Crippen LogP contribution in [0.5, 0.6) is 0 Å². The maximum atomic E-state index is 11.9. The normalized spacial score (nSPS) is 12.2. The molecule has 0 atom stereocenters. The van der Waals surface area contributed by atoms with Gasteiger partial charge in [-0.05, 0) is 29.5 Å². The minimum absolute atomic E-state index is 0.0795. The van der Waals surface area contributed by atoms with Crippen LogP contribution in [0.15, 0.2) is 29.4 Å². The van der Waals surface area contributed by atoms with E-state index >= 15 is 0 Å². The third-order valence-electron chi connectivity index (χ3n) is 3.04. The van der Waals surface area contributed by atoms with Gasteiger partial charge in [0.1, 0.15) is 5.84 Å². The first-order chi connectivity index (χ1) is 9.34. The number of hydrogen-bond acceptors (Lipinski definition) is 3. The van der Waals surface area contributed by atoms with Gasteiger partial charge in [0, 0.05) is 18.5 Å². The summed E-state index contributed by atoms with van der Waals surface area (Å²) in [6, 6.07) is 7.62. The van der Waals surface area contributed by atoms with Gasteiger partial charge in [-0.3, -0.25) is 4.79 Å². The third-order valence-corrected chi connectivity index (χ3v) is 3.04. The van der Waals surface area contributed by atoms with E-state index in [-0.39, 0.29) is 17.2 Å². The fraction of sp³-hybridized carbons (Fsp3) is 0.467. The van der Waals surface area contributed by atoms with Crippen LogP contribution < -0.4 is 11.1 Å². The molecule has 1 rings (SSSR count). The van der Waals surface area contributed by atoms with Gasteiger partial charge in [-0.2, -0.15) is 0 Å². The van der Waals surface area contributed by atoms with E-state index in [1.54, 1.807) is 0 Å². The highest BCUT2D eigenvalue weighted by Gasteiger charge is 2.14. The molecule has 20 heavy (non-hydrogen) atoms. The highest BCUT2D eigenvalue weighted by atomic mass is 16.4. The van der Waals surface area contributed by atoms with E-state index in [0.717, 1.165) is 0 Å². The maximum absolute atomic E-state index is 11.9. The Labute approximate surface area is 119 Å². The number of oxime groups is 1. The molecule has 0 aliphatic heterocycles. The molecule has 0 fully saturated rings. The summed E-state index contributed by atoms with van der Waals surface area (Å²) in [6.07, 6.45) is 1.10. The average Bonchev–Trinajstić information content (AvgIpc) is 2.42. The number of rotatable bonds is 5. The highest BCUT2D eigenvalue weighted by Crippen LogP contribution is 2.22. The number of carbonyl (C=O) groups excluding carboxylic acids is 1. The first-order valence-electron chi connectivity index (χ1n) is 6.69. The van der Waals surface area contributed by atoms with Crippen molar-refractivity contribution in [2.24, 2.45) is 10.9 Å². The van der Waals surface area contributed by atoms with Gasteiger partial charge in [-0.1, -0.05) is 38.1 Å². The van der Waals surface area contributed by atoms with Crippen LogP contribution in [0.25, 0.3) is 0 Å². The summed E-state index contributed by atoms with van der Waals surface area (Å²) in [5, 5.41) is 14.1. The van der Waals surface area contributed by atoms with E-state index in [1.807, 2.05) is 24.3 Å². The number of amidine groups is 1. The molecule has 1 amide bonds. The van der Waals surface area contributed by atoms with Crippen molar-refractivity contribution >= 4 is 11.7 Å². The number of nitrogens with two attached hydrogens (primary N) is 1. The Morgan fingerprint density at radius 2 is 1.90 bits per heavy atom. The lowest BCUT2D eigenvalue weighted by molar-refractivity contribution is 0.0953. The molecular weight excluding hydrogens is 254 g/mol. The number of benzene rings is 1. The summed E-state index contributed by atoms with van der Waals surface area (Å²) in [4.78, 5) is 11.9. The molecule has 0 saturated carbocycles. The Hall–Kier alpha value is -2.04. The zero-order valence-corrected chi connectivity index (χ0v) is 12.3. The monoisotopic (exact) mass is 277 g/mol. The Morgan fingerprint density at radius 1 is 1.30 bits per heavy atom. The molecule has 0 unspecified atom stereocenters. The first kappa shape index (κ1) is 16.0. The van der Waals surface area contributed by atoms with Crippen LogP contribution in [0.1, 0.15) is 49.5 Å². The van der Waals surface area contributed by atoms with Gasteiger partial charge in [-0.15, -0.1) is 0 Å². The minimum atomic E-state index is -0.107. The van der Waals surface area contributed by atoms with Gasteiger partial charge < -0.3 is 16.3 Å². The van der Waals surface area contributed by atoms with Crippen LogP contribution in [0.3, 0.4) is 0 Å². The van der Waals surface area contributed by atoms with Gasteiger partial charge in [0.25, 0.3) is 5.91 Å². The van der Waals surface area contributed by atoms with Gasteiger partial charge in [0.05, 0.1) is 0 Å². The van der Waals surface area contributed by atoms with Crippen LogP contribution >= 0.6 is 0 Å². The van der Waals surface area contributed by atoms with Crippen LogP contribution in [-0.4, -0.2) is 23.5 Å². The number of nitrogens with one attached hydrogen (secondary N) is 1. The van der Waals surface area contributed by atoms with E-state index in [0.29, 0.717) is 24.9 Å². The average molecular weight is 277 g/mol. The molecular formula is C15H23N3O2. The molecule has 110 valence electrons. The van der Waals surface area contributed by atoms with Crippen LogP contribution in [0, 0.1) is 0 Å². The van der Waals surface area contributed by atoms with E-state index in [4.69, 9.17) is 10.9 Å². The molecule has 0 bridgehead atoms. The Bertz CT molecular complexity index is 473. The number of nitrogens with zero attached hydrogens (tertiary/aromatic N) is 1. The molecule has 0 aliphatic carbocycles. The summed E-state index contributed by atoms with van der Waals surface area (Å²) in [7, 11) is 0. The van der Waals surface area contributed by atoms with Crippen molar-refractivity contribution in [3.63, 3.8) is 0 Å². The predicted molar refractivity (Wildman–Crippen MR) is 80.1 cm³/mol. The topological polar surface area (TPSA) is 87.7 Å². The zero-order chi connectivity index (χ0) is 15.2. The lowest BCUT2D eigenvalue weighted by Gasteiger charge is -2.19. The summed E-state index contributed by atoms with van der Waals surface area (Å²) in [5.41, 5.74) is 7.26. The highest BCUT2D eigenvalue weighted by molar-refractivity contribution is 5.94. The van der Waals surface area contributed by atoms with E-state index in [2.05, 4.69) is 31.2 Å². The fourth-order valence-electron chi connectivity index (χ4n) is 1.75. The zero-order valence-electron chi connectivity index (χ0n) is 12.3. The van der Waals surface area contributed by atoms with Gasteiger partial charge in [0.15, 0.2) is 0 Å². The van der Waals surface area contributed by atoms with E-state index in [9.17, 15) is 4.79 Å². The summed E-state index contributed by atoms with van der Waals surface area (Å²) >= 11 is 0. The van der Waals surface area contributed by atoms with Crippen molar-refractivity contribution < 1.29 is 10.0 Å². The lowest BCUT2D eigenvalue weighted by atomic mass is 9.87. The summed E-state index contributed by atoms with van der Waals surface area (Å²) < 4.78 is 0. The van der Waals surface area contributed by atoms with Crippen molar-refractivity contribution in [1.29, 1.82) is 0 Å².